The van der Waals surface area contributed by atoms with E-state index < -0.39 is 21.6 Å². The van der Waals surface area contributed by atoms with Crippen LogP contribution in [-0.2, 0) is 32.6 Å². The van der Waals surface area contributed by atoms with Gasteiger partial charge in [0.2, 0.25) is 21.8 Å². The topological polar surface area (TPSA) is 86.8 Å². The molecule has 0 heterocycles. The lowest BCUT2D eigenvalue weighted by Gasteiger charge is -2.34. The Morgan fingerprint density at radius 1 is 0.952 bits per heavy atom. The summed E-state index contributed by atoms with van der Waals surface area (Å²) in [6.45, 7) is 7.80. The number of carbonyl (C=O) groups is 2. The van der Waals surface area contributed by atoms with Crippen molar-refractivity contribution >= 4 is 55.1 Å². The van der Waals surface area contributed by atoms with Crippen LogP contribution in [0.5, 0.6) is 0 Å². The largest absolute Gasteiger partial charge is 0.350 e. The van der Waals surface area contributed by atoms with Crippen molar-refractivity contribution in [2.45, 2.75) is 65.1 Å². The molecule has 0 radical (unpaired) electrons. The Morgan fingerprint density at radius 2 is 1.60 bits per heavy atom. The van der Waals surface area contributed by atoms with Gasteiger partial charge in [-0.15, -0.1) is 0 Å². The van der Waals surface area contributed by atoms with Gasteiger partial charge < -0.3 is 10.2 Å². The number of rotatable bonds is 12. The van der Waals surface area contributed by atoms with E-state index in [-0.39, 0.29) is 37.7 Å². The molecule has 3 rings (SSSR count). The molecule has 0 fully saturated rings. The Bertz CT molecular complexity index is 1480. The van der Waals surface area contributed by atoms with Gasteiger partial charge in [-0.05, 0) is 75.1 Å². The lowest BCUT2D eigenvalue weighted by molar-refractivity contribution is -0.142. The summed E-state index contributed by atoms with van der Waals surface area (Å²) in [5.74, 6) is -0.483. The van der Waals surface area contributed by atoms with Gasteiger partial charge in [0, 0.05) is 41.0 Å². The minimum absolute atomic E-state index is 0.0518. The molecule has 0 aliphatic carbocycles. The molecule has 0 unspecified atom stereocenters. The van der Waals surface area contributed by atoms with E-state index in [9.17, 15) is 18.0 Å². The van der Waals surface area contributed by atoms with Gasteiger partial charge in [0.1, 0.15) is 6.04 Å². The van der Waals surface area contributed by atoms with Crippen LogP contribution in [0.2, 0.25) is 5.02 Å². The maximum Gasteiger partial charge on any atom is 0.243 e. The van der Waals surface area contributed by atoms with Gasteiger partial charge in [-0.1, -0.05) is 76.1 Å². The molecule has 2 amide bonds. The number of hydrogen-bond acceptors (Lipinski definition) is 4. The van der Waals surface area contributed by atoms with E-state index in [0.29, 0.717) is 22.7 Å². The predicted octanol–water partition coefficient (Wildman–Crippen LogP) is 6.51. The minimum atomic E-state index is -3.64. The highest BCUT2D eigenvalue weighted by molar-refractivity contribution is 9.10. The second-order valence-corrected chi connectivity index (χ2v) is 14.6. The minimum Gasteiger partial charge on any atom is -0.350 e. The number of nitrogens with one attached hydrogen (secondary N) is 1. The molecule has 0 aromatic heterocycles. The molecule has 0 aliphatic heterocycles. The zero-order chi connectivity index (χ0) is 31.1. The highest BCUT2D eigenvalue weighted by Crippen LogP contribution is 2.29. The second-order valence-electron chi connectivity index (χ2n) is 11.4. The molecule has 7 nitrogen and oxygen atoms in total. The number of amides is 2. The van der Waals surface area contributed by atoms with Gasteiger partial charge in [-0.2, -0.15) is 0 Å². The van der Waals surface area contributed by atoms with Crippen molar-refractivity contribution in [2.24, 2.45) is 0 Å². The van der Waals surface area contributed by atoms with E-state index in [4.69, 9.17) is 11.6 Å². The van der Waals surface area contributed by atoms with Crippen molar-refractivity contribution in [2.75, 3.05) is 17.1 Å². The van der Waals surface area contributed by atoms with Gasteiger partial charge in [-0.25, -0.2) is 8.42 Å². The first-order valence-corrected chi connectivity index (χ1v) is 16.8. The number of benzene rings is 3. The standard InChI is InChI=1S/C32H39BrClN3O4S/c1-23-27(34)13-9-14-28(23)37(42(5,40)41)20-10-15-30(38)36(22-25-16-18-26(33)19-17-25)29(31(39)35-32(2,3)4)21-24-11-7-6-8-12-24/h6-9,11-14,16-19,29H,10,15,20-22H2,1-5H3,(H,35,39)/t29-/m0/s1. The Kier molecular flexibility index (Phi) is 11.6. The maximum absolute atomic E-state index is 14.0. The normalized spacial score (nSPS) is 12.5. The van der Waals surface area contributed by atoms with Crippen LogP contribution in [0.1, 0.15) is 50.3 Å². The van der Waals surface area contributed by atoms with E-state index in [0.717, 1.165) is 21.9 Å². The van der Waals surface area contributed by atoms with E-state index in [1.807, 2.05) is 75.4 Å². The Morgan fingerprint density at radius 3 is 2.19 bits per heavy atom. The Hall–Kier alpha value is -2.88. The highest BCUT2D eigenvalue weighted by atomic mass is 79.9. The molecule has 3 aromatic carbocycles. The number of carbonyl (C=O) groups excluding carboxylic acids is 2. The number of sulfonamides is 1. The quantitative estimate of drug-likeness (QED) is 0.237. The SMILES string of the molecule is Cc1c(Cl)cccc1N(CCCC(=O)N(Cc1ccc(Br)cc1)[C@@H](Cc1ccccc1)C(=O)NC(C)(C)C)S(C)(=O)=O. The third-order valence-electron chi connectivity index (χ3n) is 6.70. The van der Waals surface area contributed by atoms with Gasteiger partial charge >= 0.3 is 0 Å². The van der Waals surface area contributed by atoms with Crippen LogP contribution >= 0.6 is 27.5 Å². The molecule has 0 bridgehead atoms. The summed E-state index contributed by atoms with van der Waals surface area (Å²) in [5.41, 5.74) is 2.44. The second kappa shape index (κ2) is 14.5. The molecule has 0 spiro atoms. The van der Waals surface area contributed by atoms with E-state index in [1.165, 1.54) is 4.31 Å². The first-order chi connectivity index (χ1) is 19.7. The zero-order valence-corrected chi connectivity index (χ0v) is 27.9. The summed E-state index contributed by atoms with van der Waals surface area (Å²) in [4.78, 5) is 29.3. The first-order valence-electron chi connectivity index (χ1n) is 13.8. The molecule has 10 heteroatoms. The average molecular weight is 677 g/mol. The summed E-state index contributed by atoms with van der Waals surface area (Å²) < 4.78 is 27.7. The third-order valence-corrected chi connectivity index (χ3v) is 8.81. The molecule has 1 atom stereocenters. The molecular weight excluding hydrogens is 638 g/mol. The van der Waals surface area contributed by atoms with Crippen LogP contribution in [-0.4, -0.2) is 49.5 Å². The van der Waals surface area contributed by atoms with Crippen LogP contribution in [0.25, 0.3) is 0 Å². The Labute approximate surface area is 263 Å². The van der Waals surface area contributed by atoms with E-state index in [1.54, 1.807) is 30.0 Å². The molecular formula is C32H39BrClN3O4S. The lowest BCUT2D eigenvalue weighted by atomic mass is 10.00. The van der Waals surface area contributed by atoms with Gasteiger partial charge in [0.05, 0.1) is 11.9 Å². The van der Waals surface area contributed by atoms with Crippen LogP contribution < -0.4 is 9.62 Å². The number of hydrogen-bond donors (Lipinski definition) is 1. The molecule has 3 aromatic rings. The zero-order valence-electron chi connectivity index (χ0n) is 24.7. The summed E-state index contributed by atoms with van der Waals surface area (Å²) in [5, 5.41) is 3.52. The van der Waals surface area contributed by atoms with Crippen LogP contribution in [0, 0.1) is 6.92 Å². The van der Waals surface area contributed by atoms with Crippen molar-refractivity contribution in [1.29, 1.82) is 0 Å². The van der Waals surface area contributed by atoms with Crippen molar-refractivity contribution in [3.05, 3.63) is 99.0 Å². The fourth-order valence-corrected chi connectivity index (χ4v) is 6.09. The van der Waals surface area contributed by atoms with Crippen molar-refractivity contribution in [1.82, 2.24) is 10.2 Å². The first kappa shape index (κ1) is 33.6. The highest BCUT2D eigenvalue weighted by Gasteiger charge is 2.32. The fraction of sp³-hybridized carbons (Fsp3) is 0.375. The average Bonchev–Trinajstić information content (AvgIpc) is 2.90. The maximum atomic E-state index is 14.0. The monoisotopic (exact) mass is 675 g/mol. The van der Waals surface area contributed by atoms with Gasteiger partial charge in [-0.3, -0.25) is 13.9 Å². The number of nitrogens with zero attached hydrogens (tertiary/aromatic N) is 2. The number of anilines is 1. The summed E-state index contributed by atoms with van der Waals surface area (Å²) in [6, 6.07) is 21.6. The fourth-order valence-electron chi connectivity index (χ4n) is 4.64. The van der Waals surface area contributed by atoms with Crippen LogP contribution in [0.4, 0.5) is 5.69 Å². The third kappa shape index (κ3) is 9.85. The van der Waals surface area contributed by atoms with Crippen molar-refractivity contribution < 1.29 is 18.0 Å². The van der Waals surface area contributed by atoms with Gasteiger partial charge in [0.15, 0.2) is 0 Å². The predicted molar refractivity (Wildman–Crippen MR) is 174 cm³/mol. The van der Waals surface area contributed by atoms with Gasteiger partial charge in [0.25, 0.3) is 0 Å². The molecule has 1 N–H and O–H groups in total. The molecule has 42 heavy (non-hydrogen) atoms. The number of halogens is 2. The van der Waals surface area contributed by atoms with Crippen molar-refractivity contribution in [3.8, 4) is 0 Å². The summed E-state index contributed by atoms with van der Waals surface area (Å²) >= 11 is 9.73. The smallest absolute Gasteiger partial charge is 0.243 e. The van der Waals surface area contributed by atoms with Crippen LogP contribution in [0.3, 0.4) is 0 Å². The summed E-state index contributed by atoms with van der Waals surface area (Å²) in [6.07, 6.45) is 1.79. The Balaban J connectivity index is 1.92. The lowest BCUT2D eigenvalue weighted by Crippen LogP contribution is -2.54. The van der Waals surface area contributed by atoms with E-state index >= 15 is 0 Å². The molecule has 0 saturated carbocycles. The molecule has 0 aliphatic rings. The van der Waals surface area contributed by atoms with E-state index in [2.05, 4.69) is 21.2 Å². The van der Waals surface area contributed by atoms with Crippen LogP contribution in [0.15, 0.2) is 77.3 Å². The summed E-state index contributed by atoms with van der Waals surface area (Å²) in [7, 11) is -3.64. The van der Waals surface area contributed by atoms with Crippen molar-refractivity contribution in [3.63, 3.8) is 0 Å². The molecule has 0 saturated heterocycles. The molecule has 226 valence electrons.